The summed E-state index contributed by atoms with van der Waals surface area (Å²) in [6.07, 6.45) is 4.28. The van der Waals surface area contributed by atoms with Crippen LogP contribution in [0, 0.1) is 23.2 Å². The zero-order valence-electron chi connectivity index (χ0n) is 12.3. The van der Waals surface area contributed by atoms with Gasteiger partial charge in [0.05, 0.1) is 19.3 Å². The molecule has 1 saturated heterocycles. The standard InChI is InChI=1S/C16H24O3/c1-6-14-15-10(2)7-11(3)16(9-19-14,12(15)4)8-18-13(5)17/h6-7,11-12,14-15H,1,8-9H2,2-5H3/t11-,12+,14+,15-,16+/m1/s1. The monoisotopic (exact) mass is 264 g/mol. The molecule has 1 aliphatic carbocycles. The summed E-state index contributed by atoms with van der Waals surface area (Å²) in [6, 6.07) is 0. The molecular formula is C16H24O3. The van der Waals surface area contributed by atoms with Gasteiger partial charge in [0.15, 0.2) is 0 Å². The Kier molecular flexibility index (Phi) is 3.86. The summed E-state index contributed by atoms with van der Waals surface area (Å²) >= 11 is 0. The van der Waals surface area contributed by atoms with Gasteiger partial charge in [0.2, 0.25) is 0 Å². The van der Waals surface area contributed by atoms with Crippen molar-refractivity contribution in [3.05, 3.63) is 24.3 Å². The van der Waals surface area contributed by atoms with Crippen molar-refractivity contribution in [3.63, 3.8) is 0 Å². The number of hydrogen-bond donors (Lipinski definition) is 0. The lowest BCUT2D eigenvalue weighted by atomic mass is 9.56. The molecule has 106 valence electrons. The van der Waals surface area contributed by atoms with Gasteiger partial charge >= 0.3 is 5.97 Å². The highest BCUT2D eigenvalue weighted by Crippen LogP contribution is 2.52. The highest BCUT2D eigenvalue weighted by Gasteiger charge is 2.53. The zero-order chi connectivity index (χ0) is 14.2. The van der Waals surface area contributed by atoms with Gasteiger partial charge < -0.3 is 9.47 Å². The maximum absolute atomic E-state index is 11.1. The molecule has 1 heterocycles. The molecule has 0 aromatic carbocycles. The second-order valence-corrected chi connectivity index (χ2v) is 6.04. The van der Waals surface area contributed by atoms with E-state index in [4.69, 9.17) is 9.47 Å². The van der Waals surface area contributed by atoms with Crippen LogP contribution >= 0.6 is 0 Å². The molecule has 1 fully saturated rings. The number of fused-ring (bicyclic) bond motifs is 2. The van der Waals surface area contributed by atoms with Gasteiger partial charge in [-0.15, -0.1) is 6.58 Å². The van der Waals surface area contributed by atoms with Gasteiger partial charge in [0, 0.05) is 18.3 Å². The van der Waals surface area contributed by atoms with Crippen molar-refractivity contribution in [2.24, 2.45) is 23.2 Å². The first kappa shape index (κ1) is 14.3. The third-order valence-electron chi connectivity index (χ3n) is 5.07. The minimum absolute atomic E-state index is 0.0733. The van der Waals surface area contributed by atoms with E-state index in [1.54, 1.807) is 0 Å². The van der Waals surface area contributed by atoms with E-state index < -0.39 is 0 Å². The molecule has 2 bridgehead atoms. The molecular weight excluding hydrogens is 240 g/mol. The molecule has 3 heteroatoms. The Hall–Kier alpha value is -1.09. The maximum Gasteiger partial charge on any atom is 0.302 e. The molecule has 0 N–H and O–H groups in total. The van der Waals surface area contributed by atoms with E-state index in [1.807, 2.05) is 6.08 Å². The predicted molar refractivity (Wildman–Crippen MR) is 74.6 cm³/mol. The van der Waals surface area contributed by atoms with Crippen molar-refractivity contribution in [1.82, 2.24) is 0 Å². The van der Waals surface area contributed by atoms with Crippen LogP contribution in [0.4, 0.5) is 0 Å². The summed E-state index contributed by atoms with van der Waals surface area (Å²) in [5, 5.41) is 0. The first-order valence-electron chi connectivity index (χ1n) is 6.98. The maximum atomic E-state index is 11.1. The SMILES string of the molecule is C=C[C@@H]1OC[C@@]2(COC(C)=O)[C@H](C)C=C(C)[C@@H]1[C@@H]2C. The summed E-state index contributed by atoms with van der Waals surface area (Å²) in [7, 11) is 0. The third-order valence-corrected chi connectivity index (χ3v) is 5.07. The Balaban J connectivity index is 2.33. The molecule has 0 radical (unpaired) electrons. The average molecular weight is 264 g/mol. The fraction of sp³-hybridized carbons (Fsp3) is 0.688. The lowest BCUT2D eigenvalue weighted by molar-refractivity contribution is -0.171. The number of esters is 1. The van der Waals surface area contributed by atoms with Crippen LogP contribution in [0.1, 0.15) is 27.7 Å². The zero-order valence-corrected chi connectivity index (χ0v) is 12.3. The van der Waals surface area contributed by atoms with Crippen molar-refractivity contribution >= 4 is 5.97 Å². The smallest absolute Gasteiger partial charge is 0.302 e. The topological polar surface area (TPSA) is 35.5 Å². The van der Waals surface area contributed by atoms with E-state index in [-0.39, 0.29) is 17.5 Å². The van der Waals surface area contributed by atoms with E-state index in [1.165, 1.54) is 12.5 Å². The summed E-state index contributed by atoms with van der Waals surface area (Å²) in [4.78, 5) is 11.1. The van der Waals surface area contributed by atoms with Crippen molar-refractivity contribution in [2.75, 3.05) is 13.2 Å². The minimum Gasteiger partial charge on any atom is -0.465 e. The fourth-order valence-electron chi connectivity index (χ4n) is 3.75. The minimum atomic E-state index is -0.220. The lowest BCUT2D eigenvalue weighted by Gasteiger charge is -2.54. The van der Waals surface area contributed by atoms with E-state index >= 15 is 0 Å². The molecule has 0 unspecified atom stereocenters. The van der Waals surface area contributed by atoms with Crippen LogP contribution in [0.2, 0.25) is 0 Å². The second-order valence-electron chi connectivity index (χ2n) is 6.04. The molecule has 2 rings (SSSR count). The van der Waals surface area contributed by atoms with Gasteiger partial charge in [-0.1, -0.05) is 31.6 Å². The van der Waals surface area contributed by atoms with Gasteiger partial charge in [0.25, 0.3) is 0 Å². The highest BCUT2D eigenvalue weighted by molar-refractivity contribution is 5.65. The number of allylic oxidation sites excluding steroid dienone is 1. The molecule has 5 atom stereocenters. The second kappa shape index (κ2) is 5.12. The largest absolute Gasteiger partial charge is 0.465 e. The fourth-order valence-corrected chi connectivity index (χ4v) is 3.75. The van der Waals surface area contributed by atoms with Gasteiger partial charge in [-0.3, -0.25) is 4.79 Å². The van der Waals surface area contributed by atoms with Crippen LogP contribution in [0.5, 0.6) is 0 Å². The number of hydrogen-bond acceptors (Lipinski definition) is 3. The van der Waals surface area contributed by atoms with Crippen LogP contribution < -0.4 is 0 Å². The Morgan fingerprint density at radius 2 is 2.32 bits per heavy atom. The number of carbonyl (C=O) groups excluding carboxylic acids is 1. The normalized spacial score (nSPS) is 41.4. The van der Waals surface area contributed by atoms with Crippen LogP contribution in [-0.2, 0) is 14.3 Å². The predicted octanol–water partition coefficient (Wildman–Crippen LogP) is 2.97. The third kappa shape index (κ3) is 2.25. The molecule has 0 spiro atoms. The first-order chi connectivity index (χ1) is 8.92. The Labute approximate surface area is 115 Å². The molecule has 19 heavy (non-hydrogen) atoms. The first-order valence-corrected chi connectivity index (χ1v) is 6.98. The van der Waals surface area contributed by atoms with Gasteiger partial charge in [-0.05, 0) is 18.8 Å². The molecule has 1 aliphatic heterocycles. The van der Waals surface area contributed by atoms with Crippen molar-refractivity contribution in [3.8, 4) is 0 Å². The number of carbonyl (C=O) groups is 1. The van der Waals surface area contributed by atoms with E-state index in [0.717, 1.165) is 0 Å². The van der Waals surface area contributed by atoms with Crippen molar-refractivity contribution in [2.45, 2.75) is 33.8 Å². The summed E-state index contributed by atoms with van der Waals surface area (Å²) in [5.74, 6) is 0.896. The summed E-state index contributed by atoms with van der Waals surface area (Å²) in [5.41, 5.74) is 1.26. The summed E-state index contributed by atoms with van der Waals surface area (Å²) in [6.45, 7) is 13.0. The molecule has 0 aromatic rings. The Morgan fingerprint density at radius 3 is 2.89 bits per heavy atom. The molecule has 0 saturated carbocycles. The Bertz CT molecular complexity index is 412. The van der Waals surface area contributed by atoms with Gasteiger partial charge in [0.1, 0.15) is 0 Å². The highest BCUT2D eigenvalue weighted by atomic mass is 16.5. The summed E-state index contributed by atoms with van der Waals surface area (Å²) < 4.78 is 11.3. The lowest BCUT2D eigenvalue weighted by Crippen LogP contribution is -2.56. The van der Waals surface area contributed by atoms with Crippen LogP contribution in [0.25, 0.3) is 0 Å². The average Bonchev–Trinajstić information content (AvgIpc) is 2.34. The van der Waals surface area contributed by atoms with E-state index in [9.17, 15) is 4.79 Å². The van der Waals surface area contributed by atoms with Crippen molar-refractivity contribution in [1.29, 1.82) is 0 Å². The molecule has 2 aliphatic rings. The van der Waals surface area contributed by atoms with Crippen LogP contribution in [0.15, 0.2) is 24.3 Å². The van der Waals surface area contributed by atoms with E-state index in [2.05, 4.69) is 33.4 Å². The molecule has 0 aromatic heterocycles. The van der Waals surface area contributed by atoms with Crippen LogP contribution in [-0.4, -0.2) is 25.3 Å². The molecule has 0 amide bonds. The van der Waals surface area contributed by atoms with Crippen molar-refractivity contribution < 1.29 is 14.3 Å². The number of ether oxygens (including phenoxy) is 2. The van der Waals surface area contributed by atoms with Gasteiger partial charge in [-0.25, -0.2) is 0 Å². The number of rotatable bonds is 3. The molecule has 3 nitrogen and oxygen atoms in total. The Morgan fingerprint density at radius 1 is 1.63 bits per heavy atom. The van der Waals surface area contributed by atoms with Gasteiger partial charge in [-0.2, -0.15) is 0 Å². The van der Waals surface area contributed by atoms with Crippen LogP contribution in [0.3, 0.4) is 0 Å². The van der Waals surface area contributed by atoms with E-state index in [0.29, 0.717) is 31.0 Å². The quantitative estimate of drug-likeness (QED) is 0.580.